The monoisotopic (exact) mass is 259 g/mol. The van der Waals surface area contributed by atoms with Crippen LogP contribution in [0.1, 0.15) is 13.8 Å². The fourth-order valence-electron chi connectivity index (χ4n) is 1.23. The Morgan fingerprint density at radius 3 is 2.47 bits per heavy atom. The molecule has 0 spiro atoms. The third kappa shape index (κ3) is 4.22. The topological polar surface area (TPSA) is 118 Å². The summed E-state index contributed by atoms with van der Waals surface area (Å²) in [6, 6.07) is 4.35. The summed E-state index contributed by atoms with van der Waals surface area (Å²) in [5, 5.41) is 17.5. The van der Waals surface area contributed by atoms with Gasteiger partial charge in [0.2, 0.25) is 10.0 Å². The van der Waals surface area contributed by atoms with Gasteiger partial charge in [-0.25, -0.2) is 13.6 Å². The summed E-state index contributed by atoms with van der Waals surface area (Å²) in [6.45, 7) is 3.40. The zero-order valence-electron chi connectivity index (χ0n) is 9.77. The minimum absolute atomic E-state index is 0.0817. The third-order valence-electron chi connectivity index (χ3n) is 2.02. The van der Waals surface area contributed by atoms with Crippen molar-refractivity contribution in [3.63, 3.8) is 0 Å². The van der Waals surface area contributed by atoms with Gasteiger partial charge < -0.3 is 16.2 Å². The Kier molecular flexibility index (Phi) is 3.65. The summed E-state index contributed by atoms with van der Waals surface area (Å²) in [5.41, 5.74) is 5.18. The van der Waals surface area contributed by atoms with Gasteiger partial charge in [-0.15, -0.1) is 0 Å². The Morgan fingerprint density at radius 1 is 1.41 bits per heavy atom. The molecule has 1 aromatic carbocycles. The number of nitrogen functional groups attached to an aromatic ring is 1. The lowest BCUT2D eigenvalue weighted by molar-refractivity contribution is 0.0944. The summed E-state index contributed by atoms with van der Waals surface area (Å²) >= 11 is 0. The predicted octanol–water partition coefficient (Wildman–Crippen LogP) is 0.0990. The second-order valence-electron chi connectivity index (χ2n) is 4.47. The molecule has 7 heteroatoms. The maximum atomic E-state index is 11.4. The molecule has 0 saturated heterocycles. The molecule has 0 aliphatic rings. The lowest BCUT2D eigenvalue weighted by Gasteiger charge is -2.19. The van der Waals surface area contributed by atoms with Gasteiger partial charge in [0.25, 0.3) is 0 Å². The molecule has 6 nitrogen and oxygen atoms in total. The molecule has 0 aliphatic heterocycles. The maximum absolute atomic E-state index is 11.4. The van der Waals surface area contributed by atoms with Gasteiger partial charge in [-0.1, -0.05) is 0 Å². The summed E-state index contributed by atoms with van der Waals surface area (Å²) in [5.74, 6) is 0. The van der Waals surface area contributed by atoms with Crippen LogP contribution in [0.2, 0.25) is 0 Å². The number of nitrogens with two attached hydrogens (primary N) is 2. The van der Waals surface area contributed by atoms with Crippen molar-refractivity contribution in [3.05, 3.63) is 18.2 Å². The first-order chi connectivity index (χ1) is 7.59. The van der Waals surface area contributed by atoms with Crippen LogP contribution in [0.4, 0.5) is 11.4 Å². The first-order valence-corrected chi connectivity index (χ1v) is 6.53. The van der Waals surface area contributed by atoms with E-state index in [1.54, 1.807) is 19.9 Å². The first kappa shape index (κ1) is 13.8. The van der Waals surface area contributed by atoms with Crippen LogP contribution in [-0.4, -0.2) is 25.7 Å². The molecular formula is C10H17N3O3S. The molecule has 96 valence electrons. The van der Waals surface area contributed by atoms with E-state index in [1.807, 2.05) is 0 Å². The Balaban J connectivity index is 3.08. The van der Waals surface area contributed by atoms with E-state index in [0.717, 1.165) is 0 Å². The Hall–Kier alpha value is -1.31. The summed E-state index contributed by atoms with van der Waals surface area (Å²) in [4.78, 5) is -0.0817. The standard InChI is InChI=1S/C10H17N3O3S/c1-10(2,14)6-13-8-4-3-7(11)5-9(8)17(12,15)16/h3-5,13-14H,6,11H2,1-2H3,(H2,12,15,16). The first-order valence-electron chi connectivity index (χ1n) is 4.98. The summed E-state index contributed by atoms with van der Waals surface area (Å²) in [6.07, 6.45) is 0. The lowest BCUT2D eigenvalue weighted by Crippen LogP contribution is -2.30. The van der Waals surface area contributed by atoms with Gasteiger partial charge in [0.1, 0.15) is 4.90 Å². The quantitative estimate of drug-likeness (QED) is 0.572. The van der Waals surface area contributed by atoms with Gasteiger partial charge in [0.15, 0.2) is 0 Å². The number of rotatable bonds is 4. The minimum Gasteiger partial charge on any atom is -0.399 e. The highest BCUT2D eigenvalue weighted by Crippen LogP contribution is 2.23. The van der Waals surface area contributed by atoms with Crippen LogP contribution in [0.25, 0.3) is 0 Å². The zero-order valence-corrected chi connectivity index (χ0v) is 10.6. The molecule has 0 heterocycles. The van der Waals surface area contributed by atoms with Gasteiger partial charge in [-0.05, 0) is 32.0 Å². The number of primary sulfonamides is 1. The predicted molar refractivity (Wildman–Crippen MR) is 67.0 cm³/mol. The number of hydrogen-bond donors (Lipinski definition) is 4. The van der Waals surface area contributed by atoms with Gasteiger partial charge >= 0.3 is 0 Å². The van der Waals surface area contributed by atoms with Crippen LogP contribution in [0.15, 0.2) is 23.1 Å². The highest BCUT2D eigenvalue weighted by molar-refractivity contribution is 7.89. The minimum atomic E-state index is -3.85. The lowest BCUT2D eigenvalue weighted by atomic mass is 10.1. The van der Waals surface area contributed by atoms with E-state index in [9.17, 15) is 13.5 Å². The number of aliphatic hydroxyl groups is 1. The fraction of sp³-hybridized carbons (Fsp3) is 0.400. The molecule has 0 atom stereocenters. The van der Waals surface area contributed by atoms with Crippen molar-refractivity contribution < 1.29 is 13.5 Å². The molecule has 0 amide bonds. The van der Waals surface area contributed by atoms with Crippen LogP contribution in [-0.2, 0) is 10.0 Å². The van der Waals surface area contributed by atoms with Gasteiger partial charge in [0.05, 0.1) is 11.3 Å². The summed E-state index contributed by atoms with van der Waals surface area (Å²) in [7, 11) is -3.85. The highest BCUT2D eigenvalue weighted by atomic mass is 32.2. The van der Waals surface area contributed by atoms with E-state index in [4.69, 9.17) is 10.9 Å². The second-order valence-corrected chi connectivity index (χ2v) is 6.00. The van der Waals surface area contributed by atoms with Crippen molar-refractivity contribution in [3.8, 4) is 0 Å². The van der Waals surface area contributed by atoms with Crippen LogP contribution in [0.5, 0.6) is 0 Å². The van der Waals surface area contributed by atoms with Crippen LogP contribution < -0.4 is 16.2 Å². The number of sulfonamides is 1. The second kappa shape index (κ2) is 4.52. The van der Waals surface area contributed by atoms with E-state index in [0.29, 0.717) is 11.4 Å². The molecule has 6 N–H and O–H groups in total. The smallest absolute Gasteiger partial charge is 0.240 e. The van der Waals surface area contributed by atoms with Crippen molar-refractivity contribution in [1.82, 2.24) is 0 Å². The zero-order chi connectivity index (χ0) is 13.3. The van der Waals surface area contributed by atoms with Crippen molar-refractivity contribution in [1.29, 1.82) is 0 Å². The van der Waals surface area contributed by atoms with Gasteiger partial charge in [-0.3, -0.25) is 0 Å². The Bertz CT molecular complexity index is 506. The molecule has 0 aliphatic carbocycles. The molecule has 0 fully saturated rings. The van der Waals surface area contributed by atoms with Crippen molar-refractivity contribution in [2.45, 2.75) is 24.3 Å². The number of anilines is 2. The SMILES string of the molecule is CC(C)(O)CNc1ccc(N)cc1S(N)(=O)=O. The van der Waals surface area contributed by atoms with Crippen molar-refractivity contribution >= 4 is 21.4 Å². The molecule has 0 saturated carbocycles. The largest absolute Gasteiger partial charge is 0.399 e. The van der Waals surface area contributed by atoms with E-state index < -0.39 is 15.6 Å². The molecule has 17 heavy (non-hydrogen) atoms. The average molecular weight is 259 g/mol. The highest BCUT2D eigenvalue weighted by Gasteiger charge is 2.17. The van der Waals surface area contributed by atoms with E-state index >= 15 is 0 Å². The van der Waals surface area contributed by atoms with E-state index in [1.165, 1.54) is 12.1 Å². The molecule has 0 aromatic heterocycles. The van der Waals surface area contributed by atoms with E-state index in [-0.39, 0.29) is 11.4 Å². The Labute approximate surface area is 101 Å². The van der Waals surface area contributed by atoms with Gasteiger partial charge in [-0.2, -0.15) is 0 Å². The average Bonchev–Trinajstić information content (AvgIpc) is 2.13. The number of benzene rings is 1. The Morgan fingerprint density at radius 2 is 2.00 bits per heavy atom. The third-order valence-corrected chi connectivity index (χ3v) is 2.97. The summed E-state index contributed by atoms with van der Waals surface area (Å²) < 4.78 is 22.7. The molecule has 0 bridgehead atoms. The van der Waals surface area contributed by atoms with Crippen molar-refractivity contribution in [2.24, 2.45) is 5.14 Å². The number of nitrogens with one attached hydrogen (secondary N) is 1. The number of hydrogen-bond acceptors (Lipinski definition) is 5. The van der Waals surface area contributed by atoms with Crippen molar-refractivity contribution in [2.75, 3.05) is 17.6 Å². The molecule has 0 radical (unpaired) electrons. The van der Waals surface area contributed by atoms with Crippen LogP contribution in [0.3, 0.4) is 0 Å². The van der Waals surface area contributed by atoms with Crippen LogP contribution in [0, 0.1) is 0 Å². The van der Waals surface area contributed by atoms with Gasteiger partial charge in [0, 0.05) is 12.2 Å². The molecule has 1 aromatic rings. The normalized spacial score (nSPS) is 12.5. The fourth-order valence-corrected chi connectivity index (χ4v) is 1.98. The van der Waals surface area contributed by atoms with E-state index in [2.05, 4.69) is 5.32 Å². The molecule has 0 unspecified atom stereocenters. The van der Waals surface area contributed by atoms with Crippen LogP contribution >= 0.6 is 0 Å². The molecular weight excluding hydrogens is 242 g/mol. The molecule has 1 rings (SSSR count). The maximum Gasteiger partial charge on any atom is 0.240 e.